The van der Waals surface area contributed by atoms with Crippen molar-refractivity contribution in [2.75, 3.05) is 26.3 Å². The van der Waals surface area contributed by atoms with Gasteiger partial charge in [-0.2, -0.15) is 0 Å². The molecule has 2 N–H and O–H groups in total. The maximum atomic E-state index is 9.67. The fraction of sp³-hybridized carbons (Fsp3) is 1.00. The van der Waals surface area contributed by atoms with Gasteiger partial charge in [-0.3, -0.25) is 0 Å². The van der Waals surface area contributed by atoms with Gasteiger partial charge in [0, 0.05) is 31.7 Å². The standard InChI is InChI=1S/C15H29NO2/c1-2-14-13(6-9-18-14)10-16-11-15(12-17)7-4-3-5-8-15/h13-14,16-17H,2-12H2,1H3. The number of aliphatic hydroxyl groups is 1. The lowest BCUT2D eigenvalue weighted by molar-refractivity contribution is 0.0718. The number of aliphatic hydroxyl groups excluding tert-OH is 1. The van der Waals surface area contributed by atoms with Gasteiger partial charge < -0.3 is 15.2 Å². The maximum Gasteiger partial charge on any atom is 0.0613 e. The van der Waals surface area contributed by atoms with Gasteiger partial charge >= 0.3 is 0 Å². The number of hydrogen-bond donors (Lipinski definition) is 2. The Balaban J connectivity index is 1.73. The van der Waals surface area contributed by atoms with Gasteiger partial charge in [-0.25, -0.2) is 0 Å². The monoisotopic (exact) mass is 255 g/mol. The number of nitrogens with one attached hydrogen (secondary N) is 1. The van der Waals surface area contributed by atoms with E-state index < -0.39 is 0 Å². The second kappa shape index (κ2) is 6.88. The normalized spacial score (nSPS) is 31.7. The quantitative estimate of drug-likeness (QED) is 0.765. The third-order valence-electron chi connectivity index (χ3n) is 4.90. The molecular weight excluding hydrogens is 226 g/mol. The van der Waals surface area contributed by atoms with Gasteiger partial charge in [-0.05, 0) is 31.6 Å². The lowest BCUT2D eigenvalue weighted by Crippen LogP contribution is -2.41. The van der Waals surface area contributed by atoms with E-state index in [1.165, 1.54) is 38.5 Å². The molecule has 1 aliphatic carbocycles. The minimum absolute atomic E-state index is 0.166. The molecule has 2 aliphatic rings. The first kappa shape index (κ1) is 14.3. The Morgan fingerprint density at radius 3 is 2.72 bits per heavy atom. The first-order valence-electron chi connectivity index (χ1n) is 7.73. The van der Waals surface area contributed by atoms with Crippen LogP contribution in [0.25, 0.3) is 0 Å². The van der Waals surface area contributed by atoms with Crippen molar-refractivity contribution in [1.82, 2.24) is 5.32 Å². The van der Waals surface area contributed by atoms with Crippen molar-refractivity contribution in [2.45, 2.75) is 58.0 Å². The third-order valence-corrected chi connectivity index (χ3v) is 4.90. The van der Waals surface area contributed by atoms with Gasteiger partial charge in [0.1, 0.15) is 0 Å². The van der Waals surface area contributed by atoms with E-state index in [9.17, 15) is 5.11 Å². The molecule has 2 fully saturated rings. The molecule has 2 atom stereocenters. The maximum absolute atomic E-state index is 9.67. The van der Waals surface area contributed by atoms with Crippen molar-refractivity contribution in [2.24, 2.45) is 11.3 Å². The number of rotatable bonds is 6. The summed E-state index contributed by atoms with van der Waals surface area (Å²) in [6.45, 7) is 5.52. The summed E-state index contributed by atoms with van der Waals surface area (Å²) in [4.78, 5) is 0. The van der Waals surface area contributed by atoms with Gasteiger partial charge in [0.15, 0.2) is 0 Å². The van der Waals surface area contributed by atoms with Gasteiger partial charge in [-0.15, -0.1) is 0 Å². The van der Waals surface area contributed by atoms with Gasteiger partial charge in [-0.1, -0.05) is 26.2 Å². The van der Waals surface area contributed by atoms with Crippen LogP contribution in [0.4, 0.5) is 0 Å². The van der Waals surface area contributed by atoms with Gasteiger partial charge in [0.25, 0.3) is 0 Å². The third kappa shape index (κ3) is 3.46. The molecule has 0 aromatic carbocycles. The molecule has 0 bridgehead atoms. The summed E-state index contributed by atoms with van der Waals surface area (Å²) in [5.74, 6) is 0.675. The van der Waals surface area contributed by atoms with Crippen molar-refractivity contribution < 1.29 is 9.84 Å². The molecule has 0 amide bonds. The van der Waals surface area contributed by atoms with Crippen LogP contribution in [0, 0.1) is 11.3 Å². The van der Waals surface area contributed by atoms with Crippen LogP contribution in [-0.4, -0.2) is 37.5 Å². The zero-order chi connectivity index (χ0) is 12.8. The van der Waals surface area contributed by atoms with E-state index in [2.05, 4.69) is 12.2 Å². The van der Waals surface area contributed by atoms with Crippen LogP contribution < -0.4 is 5.32 Å². The molecule has 0 radical (unpaired) electrons. The van der Waals surface area contributed by atoms with Crippen LogP contribution >= 0.6 is 0 Å². The smallest absolute Gasteiger partial charge is 0.0613 e. The lowest BCUT2D eigenvalue weighted by Gasteiger charge is -2.36. The summed E-state index contributed by atoms with van der Waals surface area (Å²) in [7, 11) is 0. The van der Waals surface area contributed by atoms with E-state index in [-0.39, 0.29) is 5.41 Å². The van der Waals surface area contributed by atoms with E-state index in [0.717, 1.165) is 26.1 Å². The van der Waals surface area contributed by atoms with Crippen molar-refractivity contribution >= 4 is 0 Å². The minimum atomic E-state index is 0.166. The summed E-state index contributed by atoms with van der Waals surface area (Å²) in [6, 6.07) is 0. The Bertz CT molecular complexity index is 239. The molecule has 18 heavy (non-hydrogen) atoms. The minimum Gasteiger partial charge on any atom is -0.396 e. The van der Waals surface area contributed by atoms with Crippen LogP contribution in [0.2, 0.25) is 0 Å². The highest BCUT2D eigenvalue weighted by molar-refractivity contribution is 4.85. The zero-order valence-electron chi connectivity index (χ0n) is 11.8. The Hall–Kier alpha value is -0.120. The highest BCUT2D eigenvalue weighted by Crippen LogP contribution is 2.35. The average molecular weight is 255 g/mol. The lowest BCUT2D eigenvalue weighted by atomic mass is 9.74. The van der Waals surface area contributed by atoms with E-state index in [1.54, 1.807) is 0 Å². The van der Waals surface area contributed by atoms with Crippen LogP contribution in [-0.2, 0) is 4.74 Å². The summed E-state index contributed by atoms with van der Waals surface area (Å²) >= 11 is 0. The molecule has 2 rings (SSSR count). The Morgan fingerprint density at radius 1 is 1.28 bits per heavy atom. The van der Waals surface area contributed by atoms with E-state index in [1.807, 2.05) is 0 Å². The Labute approximate surface area is 111 Å². The molecule has 1 saturated heterocycles. The van der Waals surface area contributed by atoms with E-state index in [4.69, 9.17) is 4.74 Å². The zero-order valence-corrected chi connectivity index (χ0v) is 11.8. The molecule has 106 valence electrons. The molecule has 1 saturated carbocycles. The topological polar surface area (TPSA) is 41.5 Å². The first-order valence-corrected chi connectivity index (χ1v) is 7.73. The van der Waals surface area contributed by atoms with Crippen LogP contribution in [0.1, 0.15) is 51.9 Å². The first-order chi connectivity index (χ1) is 8.79. The van der Waals surface area contributed by atoms with E-state index in [0.29, 0.717) is 18.6 Å². The molecule has 2 unspecified atom stereocenters. The molecule has 0 aromatic heterocycles. The summed E-state index contributed by atoms with van der Waals surface area (Å²) in [5.41, 5.74) is 0.166. The summed E-state index contributed by atoms with van der Waals surface area (Å²) < 4.78 is 5.72. The predicted octanol–water partition coefficient (Wildman–Crippen LogP) is 2.33. The Kier molecular flexibility index (Phi) is 5.46. The van der Waals surface area contributed by atoms with Crippen molar-refractivity contribution in [3.63, 3.8) is 0 Å². The number of hydrogen-bond acceptors (Lipinski definition) is 3. The van der Waals surface area contributed by atoms with Gasteiger partial charge in [0.2, 0.25) is 0 Å². The SMILES string of the molecule is CCC1OCCC1CNCC1(CO)CCCCC1. The largest absolute Gasteiger partial charge is 0.396 e. The summed E-state index contributed by atoms with van der Waals surface area (Å²) in [6.07, 6.45) is 9.06. The van der Waals surface area contributed by atoms with Crippen molar-refractivity contribution in [1.29, 1.82) is 0 Å². The predicted molar refractivity (Wildman–Crippen MR) is 73.6 cm³/mol. The van der Waals surface area contributed by atoms with E-state index >= 15 is 0 Å². The molecular formula is C15H29NO2. The fourth-order valence-electron chi connectivity index (χ4n) is 3.59. The molecule has 0 aromatic rings. The van der Waals surface area contributed by atoms with Crippen molar-refractivity contribution in [3.8, 4) is 0 Å². The molecule has 0 spiro atoms. The van der Waals surface area contributed by atoms with Crippen LogP contribution in [0.3, 0.4) is 0 Å². The highest BCUT2D eigenvalue weighted by Gasteiger charge is 2.32. The molecule has 1 aliphatic heterocycles. The summed E-state index contributed by atoms with van der Waals surface area (Å²) in [5, 5.41) is 13.3. The molecule has 3 nitrogen and oxygen atoms in total. The van der Waals surface area contributed by atoms with Crippen LogP contribution in [0.15, 0.2) is 0 Å². The fourth-order valence-corrected chi connectivity index (χ4v) is 3.59. The van der Waals surface area contributed by atoms with Crippen molar-refractivity contribution in [3.05, 3.63) is 0 Å². The van der Waals surface area contributed by atoms with Gasteiger partial charge in [0.05, 0.1) is 6.10 Å². The van der Waals surface area contributed by atoms with Crippen LogP contribution in [0.5, 0.6) is 0 Å². The highest BCUT2D eigenvalue weighted by atomic mass is 16.5. The average Bonchev–Trinajstić information content (AvgIpc) is 2.87. The molecule has 3 heteroatoms. The molecule has 1 heterocycles. The second-order valence-corrected chi connectivity index (χ2v) is 6.22. The second-order valence-electron chi connectivity index (χ2n) is 6.22. The Morgan fingerprint density at radius 2 is 2.06 bits per heavy atom. The number of ether oxygens (including phenoxy) is 1.